The fourth-order valence-corrected chi connectivity index (χ4v) is 2.28. The lowest BCUT2D eigenvalue weighted by molar-refractivity contribution is 0.0378. The van der Waals surface area contributed by atoms with Crippen LogP contribution in [0.15, 0.2) is 61.2 Å². The average molecular weight is 350 g/mol. The first-order valence-electron chi connectivity index (χ1n) is 8.10. The summed E-state index contributed by atoms with van der Waals surface area (Å²) >= 11 is 0. The van der Waals surface area contributed by atoms with Gasteiger partial charge in [0.1, 0.15) is 12.7 Å². The number of carbonyl (C=O) groups is 2. The molecule has 0 aliphatic heterocycles. The number of nitrogens with one attached hydrogen (secondary N) is 1. The second-order valence-electron chi connectivity index (χ2n) is 5.87. The number of hydrogen-bond donors (Lipinski definition) is 1. The Bertz CT molecular complexity index is 886. The van der Waals surface area contributed by atoms with Crippen LogP contribution in [0.1, 0.15) is 34.6 Å². The lowest BCUT2D eigenvalue weighted by atomic mass is 10.1. The quantitative estimate of drug-likeness (QED) is 0.715. The molecule has 1 amide bonds. The SMILES string of the molecule is CC(C)OC(=O)c1ccc(NC(=O)c2ccc(-n3cncn3)cc2)cc1. The highest BCUT2D eigenvalue weighted by Crippen LogP contribution is 2.14. The van der Waals surface area contributed by atoms with Crippen molar-refractivity contribution in [2.75, 3.05) is 5.32 Å². The first kappa shape index (κ1) is 17.3. The van der Waals surface area contributed by atoms with E-state index < -0.39 is 0 Å². The largest absolute Gasteiger partial charge is 0.459 e. The topological polar surface area (TPSA) is 86.1 Å². The average Bonchev–Trinajstić information content (AvgIpc) is 3.16. The molecule has 0 aliphatic carbocycles. The summed E-state index contributed by atoms with van der Waals surface area (Å²) in [4.78, 5) is 28.0. The molecule has 26 heavy (non-hydrogen) atoms. The number of hydrogen-bond acceptors (Lipinski definition) is 5. The normalized spacial score (nSPS) is 10.6. The van der Waals surface area contributed by atoms with Gasteiger partial charge in [-0.3, -0.25) is 4.79 Å². The van der Waals surface area contributed by atoms with Gasteiger partial charge in [-0.2, -0.15) is 5.10 Å². The van der Waals surface area contributed by atoms with Gasteiger partial charge in [0.15, 0.2) is 0 Å². The summed E-state index contributed by atoms with van der Waals surface area (Å²) in [6, 6.07) is 13.6. The van der Waals surface area contributed by atoms with Crippen molar-refractivity contribution in [1.29, 1.82) is 0 Å². The number of anilines is 1. The Kier molecular flexibility index (Phi) is 5.07. The lowest BCUT2D eigenvalue weighted by Crippen LogP contribution is -2.13. The van der Waals surface area contributed by atoms with Crippen LogP contribution in [0, 0.1) is 0 Å². The molecule has 0 aliphatic rings. The van der Waals surface area contributed by atoms with Crippen molar-refractivity contribution in [3.8, 4) is 5.69 Å². The molecule has 0 unspecified atom stereocenters. The molecule has 0 atom stereocenters. The number of nitrogens with zero attached hydrogens (tertiary/aromatic N) is 3. The summed E-state index contributed by atoms with van der Waals surface area (Å²) in [5.74, 6) is -0.630. The third kappa shape index (κ3) is 4.13. The van der Waals surface area contributed by atoms with E-state index in [1.54, 1.807) is 73.4 Å². The van der Waals surface area contributed by atoms with E-state index in [1.165, 1.54) is 6.33 Å². The predicted octanol–water partition coefficient (Wildman–Crippen LogP) is 3.08. The number of benzene rings is 2. The fraction of sp³-hybridized carbons (Fsp3) is 0.158. The Morgan fingerprint density at radius 2 is 1.65 bits per heavy atom. The molecule has 132 valence electrons. The van der Waals surface area contributed by atoms with E-state index in [0.717, 1.165) is 5.69 Å². The lowest BCUT2D eigenvalue weighted by Gasteiger charge is -2.09. The van der Waals surface area contributed by atoms with Crippen LogP contribution >= 0.6 is 0 Å². The zero-order valence-electron chi connectivity index (χ0n) is 14.4. The summed E-state index contributed by atoms with van der Waals surface area (Å²) in [5.41, 5.74) is 2.36. The van der Waals surface area contributed by atoms with E-state index >= 15 is 0 Å². The van der Waals surface area contributed by atoms with Crippen molar-refractivity contribution in [3.63, 3.8) is 0 Å². The van der Waals surface area contributed by atoms with E-state index in [9.17, 15) is 9.59 Å². The smallest absolute Gasteiger partial charge is 0.338 e. The number of amides is 1. The molecule has 3 aromatic rings. The molecule has 2 aromatic carbocycles. The molecule has 0 spiro atoms. The molecule has 0 radical (unpaired) electrons. The third-order valence-corrected chi connectivity index (χ3v) is 3.53. The van der Waals surface area contributed by atoms with Crippen LogP contribution in [0.5, 0.6) is 0 Å². The van der Waals surface area contributed by atoms with Crippen LogP contribution in [0.4, 0.5) is 5.69 Å². The van der Waals surface area contributed by atoms with Gasteiger partial charge in [-0.05, 0) is 62.4 Å². The summed E-state index contributed by atoms with van der Waals surface area (Å²) < 4.78 is 6.74. The second-order valence-corrected chi connectivity index (χ2v) is 5.87. The zero-order chi connectivity index (χ0) is 18.5. The maximum Gasteiger partial charge on any atom is 0.338 e. The fourth-order valence-electron chi connectivity index (χ4n) is 2.28. The summed E-state index contributed by atoms with van der Waals surface area (Å²) in [7, 11) is 0. The van der Waals surface area contributed by atoms with Gasteiger partial charge in [-0.15, -0.1) is 0 Å². The molecule has 1 heterocycles. The molecular weight excluding hydrogens is 332 g/mol. The number of rotatable bonds is 5. The standard InChI is InChI=1S/C19H18N4O3/c1-13(2)26-19(25)15-3-7-16(8-4-15)22-18(24)14-5-9-17(10-6-14)23-12-20-11-21-23/h3-13H,1-2H3,(H,22,24). The first-order chi connectivity index (χ1) is 12.5. The van der Waals surface area contributed by atoms with Crippen molar-refractivity contribution < 1.29 is 14.3 Å². The van der Waals surface area contributed by atoms with Gasteiger partial charge in [0.05, 0.1) is 17.4 Å². The highest BCUT2D eigenvalue weighted by Gasteiger charge is 2.10. The minimum Gasteiger partial charge on any atom is -0.459 e. The van der Waals surface area contributed by atoms with Crippen LogP contribution in [0.3, 0.4) is 0 Å². The van der Waals surface area contributed by atoms with E-state index in [4.69, 9.17) is 4.74 Å². The number of carbonyl (C=O) groups excluding carboxylic acids is 2. The molecule has 1 N–H and O–H groups in total. The van der Waals surface area contributed by atoms with Crippen LogP contribution < -0.4 is 5.32 Å². The molecular formula is C19H18N4O3. The third-order valence-electron chi connectivity index (χ3n) is 3.53. The van der Waals surface area contributed by atoms with Crippen LogP contribution in [-0.2, 0) is 4.74 Å². The minimum atomic E-state index is -0.387. The van der Waals surface area contributed by atoms with Gasteiger partial charge in [-0.25, -0.2) is 14.5 Å². The molecule has 7 heteroatoms. The highest BCUT2D eigenvalue weighted by atomic mass is 16.5. The van der Waals surface area contributed by atoms with Crippen molar-refractivity contribution in [3.05, 3.63) is 72.3 Å². The highest BCUT2D eigenvalue weighted by molar-refractivity contribution is 6.04. The number of ether oxygens (including phenoxy) is 1. The Labute approximate surface area is 150 Å². The molecule has 0 saturated heterocycles. The number of esters is 1. The summed E-state index contributed by atoms with van der Waals surface area (Å²) in [5, 5.41) is 6.83. The van der Waals surface area contributed by atoms with Crippen molar-refractivity contribution in [1.82, 2.24) is 14.8 Å². The number of aromatic nitrogens is 3. The minimum absolute atomic E-state index is 0.178. The molecule has 0 fully saturated rings. The van der Waals surface area contributed by atoms with Crippen LogP contribution in [0.2, 0.25) is 0 Å². The van der Waals surface area contributed by atoms with Crippen molar-refractivity contribution >= 4 is 17.6 Å². The molecule has 0 bridgehead atoms. The monoisotopic (exact) mass is 350 g/mol. The maximum absolute atomic E-state index is 12.3. The molecule has 7 nitrogen and oxygen atoms in total. The van der Waals surface area contributed by atoms with Gasteiger partial charge in [0.25, 0.3) is 5.91 Å². The Morgan fingerprint density at radius 1 is 1.00 bits per heavy atom. The Morgan fingerprint density at radius 3 is 2.23 bits per heavy atom. The summed E-state index contributed by atoms with van der Waals surface area (Å²) in [6.07, 6.45) is 2.85. The predicted molar refractivity (Wildman–Crippen MR) is 96.3 cm³/mol. The van der Waals surface area contributed by atoms with Gasteiger partial charge in [0, 0.05) is 11.3 Å². The van der Waals surface area contributed by atoms with E-state index in [-0.39, 0.29) is 18.0 Å². The van der Waals surface area contributed by atoms with Crippen LogP contribution in [0.25, 0.3) is 5.69 Å². The van der Waals surface area contributed by atoms with E-state index in [2.05, 4.69) is 15.4 Å². The zero-order valence-corrected chi connectivity index (χ0v) is 14.4. The van der Waals surface area contributed by atoms with Crippen molar-refractivity contribution in [2.24, 2.45) is 0 Å². The first-order valence-corrected chi connectivity index (χ1v) is 8.10. The van der Waals surface area contributed by atoms with Gasteiger partial charge in [0.2, 0.25) is 0 Å². The van der Waals surface area contributed by atoms with Gasteiger partial charge in [-0.1, -0.05) is 0 Å². The Hall–Kier alpha value is -3.48. The molecule has 3 rings (SSSR count). The molecule has 1 aromatic heterocycles. The Balaban J connectivity index is 1.65. The maximum atomic E-state index is 12.3. The van der Waals surface area contributed by atoms with E-state index in [0.29, 0.717) is 16.8 Å². The van der Waals surface area contributed by atoms with Crippen LogP contribution in [-0.4, -0.2) is 32.7 Å². The van der Waals surface area contributed by atoms with Gasteiger partial charge < -0.3 is 10.1 Å². The van der Waals surface area contributed by atoms with Crippen molar-refractivity contribution in [2.45, 2.75) is 20.0 Å². The second kappa shape index (κ2) is 7.60. The van der Waals surface area contributed by atoms with E-state index in [1.807, 2.05) is 0 Å². The molecule has 0 saturated carbocycles. The summed E-state index contributed by atoms with van der Waals surface area (Å²) in [6.45, 7) is 3.58. The van der Waals surface area contributed by atoms with Gasteiger partial charge >= 0.3 is 5.97 Å².